The van der Waals surface area contributed by atoms with Gasteiger partial charge in [0.1, 0.15) is 0 Å². The lowest BCUT2D eigenvalue weighted by Gasteiger charge is -2.26. The van der Waals surface area contributed by atoms with E-state index < -0.39 is 0 Å². The van der Waals surface area contributed by atoms with Gasteiger partial charge in [-0.1, -0.05) is 18.2 Å². The summed E-state index contributed by atoms with van der Waals surface area (Å²) in [5, 5.41) is 0. The van der Waals surface area contributed by atoms with Gasteiger partial charge >= 0.3 is 0 Å². The van der Waals surface area contributed by atoms with Gasteiger partial charge in [-0.25, -0.2) is 0 Å². The maximum atomic E-state index is 12.8. The predicted molar refractivity (Wildman–Crippen MR) is 85.6 cm³/mol. The number of amides is 2. The van der Waals surface area contributed by atoms with Gasteiger partial charge in [-0.3, -0.25) is 9.59 Å². The van der Waals surface area contributed by atoms with Crippen LogP contribution in [0.25, 0.3) is 0 Å². The summed E-state index contributed by atoms with van der Waals surface area (Å²) in [6, 6.07) is 9.60. The highest BCUT2D eigenvalue weighted by molar-refractivity contribution is 5.99. The Labute approximate surface area is 131 Å². The molecule has 0 saturated carbocycles. The second-order valence-corrected chi connectivity index (χ2v) is 5.67. The molecule has 0 N–H and O–H groups in total. The van der Waals surface area contributed by atoms with Gasteiger partial charge in [0.15, 0.2) is 0 Å². The Bertz CT molecular complexity index is 518. The SMILES string of the molecule is CCN(C(=O)[C@@H]1CC(=O)N([C@@H](C)COC)C1)c1ccccc1. The Morgan fingerprint density at radius 2 is 2.09 bits per heavy atom. The molecule has 1 aromatic rings. The third-order valence-corrected chi connectivity index (χ3v) is 4.10. The summed E-state index contributed by atoms with van der Waals surface area (Å²) in [5.41, 5.74) is 0.880. The fourth-order valence-corrected chi connectivity index (χ4v) is 2.95. The zero-order chi connectivity index (χ0) is 16.1. The fraction of sp³-hybridized carbons (Fsp3) is 0.529. The molecule has 0 unspecified atom stereocenters. The van der Waals surface area contributed by atoms with Crippen LogP contribution in [0, 0.1) is 5.92 Å². The van der Waals surface area contributed by atoms with Crippen molar-refractivity contribution in [3.63, 3.8) is 0 Å². The van der Waals surface area contributed by atoms with Crippen LogP contribution in [0.3, 0.4) is 0 Å². The van der Waals surface area contributed by atoms with E-state index >= 15 is 0 Å². The second kappa shape index (κ2) is 7.40. The lowest BCUT2D eigenvalue weighted by Crippen LogP contribution is -2.40. The van der Waals surface area contributed by atoms with Crippen LogP contribution in [0.2, 0.25) is 0 Å². The molecule has 2 atom stereocenters. The lowest BCUT2D eigenvalue weighted by molar-refractivity contribution is -0.130. The number of nitrogens with zero attached hydrogens (tertiary/aromatic N) is 2. The monoisotopic (exact) mass is 304 g/mol. The summed E-state index contributed by atoms with van der Waals surface area (Å²) in [6.45, 7) is 5.46. The van der Waals surface area contributed by atoms with Gasteiger partial charge in [0.2, 0.25) is 11.8 Å². The Hall–Kier alpha value is -1.88. The highest BCUT2D eigenvalue weighted by atomic mass is 16.5. The van der Waals surface area contributed by atoms with Gasteiger partial charge in [0.05, 0.1) is 18.6 Å². The Morgan fingerprint density at radius 3 is 2.68 bits per heavy atom. The summed E-state index contributed by atoms with van der Waals surface area (Å²) in [7, 11) is 1.62. The van der Waals surface area contributed by atoms with E-state index in [4.69, 9.17) is 4.74 Å². The van der Waals surface area contributed by atoms with Crippen molar-refractivity contribution in [3.8, 4) is 0 Å². The molecule has 2 rings (SSSR count). The number of likely N-dealkylation sites (tertiary alicyclic amines) is 1. The first-order valence-corrected chi connectivity index (χ1v) is 7.73. The summed E-state index contributed by atoms with van der Waals surface area (Å²) >= 11 is 0. The molecule has 0 spiro atoms. The molecule has 1 heterocycles. The molecule has 0 bridgehead atoms. The topological polar surface area (TPSA) is 49.9 Å². The van der Waals surface area contributed by atoms with Crippen LogP contribution in [0.5, 0.6) is 0 Å². The fourth-order valence-electron chi connectivity index (χ4n) is 2.95. The molecule has 0 aromatic heterocycles. The third-order valence-electron chi connectivity index (χ3n) is 4.10. The standard InChI is InChI=1S/C17H24N2O3/c1-4-18(15-8-6-5-7-9-15)17(21)14-10-16(20)19(11-14)13(2)12-22-3/h5-9,13-14H,4,10-12H2,1-3H3/t13-,14+/m0/s1. The molecule has 1 saturated heterocycles. The van der Waals surface area contributed by atoms with Crippen molar-refractivity contribution >= 4 is 17.5 Å². The van der Waals surface area contributed by atoms with Gasteiger partial charge in [0.25, 0.3) is 0 Å². The van der Waals surface area contributed by atoms with E-state index in [1.165, 1.54) is 0 Å². The van der Waals surface area contributed by atoms with Crippen molar-refractivity contribution in [1.82, 2.24) is 4.90 Å². The third kappa shape index (κ3) is 3.47. The van der Waals surface area contributed by atoms with Gasteiger partial charge < -0.3 is 14.5 Å². The van der Waals surface area contributed by atoms with Gasteiger partial charge in [-0.2, -0.15) is 0 Å². The van der Waals surface area contributed by atoms with Crippen LogP contribution in [0.4, 0.5) is 5.69 Å². The zero-order valence-electron chi connectivity index (χ0n) is 13.5. The second-order valence-electron chi connectivity index (χ2n) is 5.67. The normalized spacial score (nSPS) is 19.3. The van der Waals surface area contributed by atoms with Gasteiger partial charge in [-0.05, 0) is 26.0 Å². The molecule has 5 nitrogen and oxygen atoms in total. The number of ether oxygens (including phenoxy) is 1. The summed E-state index contributed by atoms with van der Waals surface area (Å²) in [4.78, 5) is 28.4. The maximum absolute atomic E-state index is 12.8. The average Bonchev–Trinajstić information content (AvgIpc) is 2.91. The molecule has 120 valence electrons. The van der Waals surface area contributed by atoms with Gasteiger partial charge in [-0.15, -0.1) is 0 Å². The minimum Gasteiger partial charge on any atom is -0.383 e. The lowest BCUT2D eigenvalue weighted by atomic mass is 10.1. The Balaban J connectivity index is 2.08. The average molecular weight is 304 g/mol. The molecular weight excluding hydrogens is 280 g/mol. The number of methoxy groups -OCH3 is 1. The minimum absolute atomic E-state index is 0.00195. The number of rotatable bonds is 6. The number of benzene rings is 1. The number of para-hydroxylation sites is 1. The summed E-state index contributed by atoms with van der Waals surface area (Å²) < 4.78 is 5.11. The first-order chi connectivity index (χ1) is 10.6. The van der Waals surface area contributed by atoms with E-state index in [0.29, 0.717) is 19.7 Å². The van der Waals surface area contributed by atoms with E-state index in [9.17, 15) is 9.59 Å². The number of anilines is 1. The molecule has 2 amide bonds. The zero-order valence-corrected chi connectivity index (χ0v) is 13.5. The van der Waals surface area contributed by atoms with Crippen molar-refractivity contribution in [2.45, 2.75) is 26.3 Å². The van der Waals surface area contributed by atoms with Crippen LogP contribution in [0.15, 0.2) is 30.3 Å². The maximum Gasteiger partial charge on any atom is 0.232 e. The van der Waals surface area contributed by atoms with E-state index in [0.717, 1.165) is 5.69 Å². The van der Waals surface area contributed by atoms with Gasteiger partial charge in [0, 0.05) is 32.3 Å². The molecule has 1 fully saturated rings. The Kier molecular flexibility index (Phi) is 5.55. The molecule has 0 aliphatic carbocycles. The number of carbonyl (C=O) groups excluding carboxylic acids is 2. The van der Waals surface area contributed by atoms with Crippen LogP contribution >= 0.6 is 0 Å². The molecule has 0 radical (unpaired) electrons. The molecule has 22 heavy (non-hydrogen) atoms. The first kappa shape index (κ1) is 16.5. The minimum atomic E-state index is -0.271. The first-order valence-electron chi connectivity index (χ1n) is 7.73. The van der Waals surface area contributed by atoms with E-state index in [2.05, 4.69) is 0 Å². The predicted octanol–water partition coefficient (Wildman–Crippen LogP) is 1.92. The number of carbonyl (C=O) groups is 2. The highest BCUT2D eigenvalue weighted by Gasteiger charge is 2.38. The smallest absolute Gasteiger partial charge is 0.232 e. The quantitative estimate of drug-likeness (QED) is 0.807. The Morgan fingerprint density at radius 1 is 1.41 bits per heavy atom. The molecule has 5 heteroatoms. The van der Waals surface area contributed by atoms with E-state index in [1.807, 2.05) is 44.2 Å². The highest BCUT2D eigenvalue weighted by Crippen LogP contribution is 2.25. The van der Waals surface area contributed by atoms with Crippen molar-refractivity contribution in [2.75, 3.05) is 31.7 Å². The molecular formula is C17H24N2O3. The molecule has 1 aliphatic heterocycles. The largest absolute Gasteiger partial charge is 0.383 e. The van der Waals surface area contributed by atoms with Crippen LogP contribution in [-0.2, 0) is 14.3 Å². The van der Waals surface area contributed by atoms with Crippen LogP contribution in [-0.4, -0.2) is 49.6 Å². The number of hydrogen-bond donors (Lipinski definition) is 0. The van der Waals surface area contributed by atoms with Crippen molar-refractivity contribution < 1.29 is 14.3 Å². The van der Waals surface area contributed by atoms with Crippen LogP contribution in [0.1, 0.15) is 20.3 Å². The number of hydrogen-bond acceptors (Lipinski definition) is 3. The van der Waals surface area contributed by atoms with Crippen LogP contribution < -0.4 is 4.90 Å². The molecule has 1 aromatic carbocycles. The summed E-state index contributed by atoms with van der Waals surface area (Å²) in [6.07, 6.45) is 0.288. The van der Waals surface area contributed by atoms with E-state index in [1.54, 1.807) is 16.9 Å². The summed E-state index contributed by atoms with van der Waals surface area (Å²) in [5.74, 6) is -0.215. The van der Waals surface area contributed by atoms with Crippen molar-refractivity contribution in [2.24, 2.45) is 5.92 Å². The van der Waals surface area contributed by atoms with Crippen molar-refractivity contribution in [3.05, 3.63) is 30.3 Å². The van der Waals surface area contributed by atoms with E-state index in [-0.39, 0.29) is 30.2 Å². The van der Waals surface area contributed by atoms with Crippen molar-refractivity contribution in [1.29, 1.82) is 0 Å². The molecule has 1 aliphatic rings.